The highest BCUT2D eigenvalue weighted by molar-refractivity contribution is 9.10. The van der Waals surface area contributed by atoms with Gasteiger partial charge in [-0.15, -0.1) is 0 Å². The molecule has 0 N–H and O–H groups in total. The minimum atomic E-state index is -0.271. The zero-order valence-electron chi connectivity index (χ0n) is 8.85. The highest BCUT2D eigenvalue weighted by Gasteiger charge is 2.17. The van der Waals surface area contributed by atoms with Crippen LogP contribution in [0.3, 0.4) is 0 Å². The Morgan fingerprint density at radius 3 is 3.00 bits per heavy atom. The van der Waals surface area contributed by atoms with Gasteiger partial charge in [-0.25, -0.2) is 10.0 Å². The van der Waals surface area contributed by atoms with Crippen LogP contribution < -0.4 is 0 Å². The molecule has 0 saturated carbocycles. The number of imidazole rings is 1. The Labute approximate surface area is 101 Å². The summed E-state index contributed by atoms with van der Waals surface area (Å²) < 4.78 is 2.71. The Morgan fingerprint density at radius 2 is 2.31 bits per heavy atom. The van der Waals surface area contributed by atoms with Gasteiger partial charge < -0.3 is 4.40 Å². The molecule has 2 aromatic rings. The summed E-state index contributed by atoms with van der Waals surface area (Å²) >= 11 is 3.35. The van der Waals surface area contributed by atoms with Gasteiger partial charge in [-0.3, -0.25) is 9.63 Å². The number of hydrogen-bond donors (Lipinski definition) is 0. The summed E-state index contributed by atoms with van der Waals surface area (Å²) in [6.07, 6.45) is 3.43. The van der Waals surface area contributed by atoms with E-state index in [1.54, 1.807) is 17.8 Å². The Bertz CT molecular complexity index is 538. The molecule has 84 valence electrons. The van der Waals surface area contributed by atoms with Gasteiger partial charge in [0.05, 0.1) is 12.6 Å². The van der Waals surface area contributed by atoms with Crippen molar-refractivity contribution in [3.8, 4) is 0 Å². The normalized spacial score (nSPS) is 10.7. The maximum absolute atomic E-state index is 11.8. The van der Waals surface area contributed by atoms with E-state index in [-0.39, 0.29) is 5.91 Å². The van der Waals surface area contributed by atoms with E-state index >= 15 is 0 Å². The third-order valence-corrected chi connectivity index (χ3v) is 2.73. The van der Waals surface area contributed by atoms with Crippen molar-refractivity contribution in [1.29, 1.82) is 0 Å². The molecule has 0 aliphatic heterocycles. The number of fused-ring (bicyclic) bond motifs is 1. The molecular weight excluding hydrogens is 274 g/mol. The van der Waals surface area contributed by atoms with Crippen LogP contribution in [0.1, 0.15) is 10.5 Å². The molecule has 0 aliphatic rings. The summed E-state index contributed by atoms with van der Waals surface area (Å²) in [7, 11) is 2.99. The molecule has 0 fully saturated rings. The van der Waals surface area contributed by atoms with Gasteiger partial charge >= 0.3 is 0 Å². The summed E-state index contributed by atoms with van der Waals surface area (Å²) in [4.78, 5) is 20.8. The Hall–Kier alpha value is -1.40. The fourth-order valence-electron chi connectivity index (χ4n) is 1.37. The third kappa shape index (κ3) is 1.81. The van der Waals surface area contributed by atoms with Gasteiger partial charge in [0.25, 0.3) is 5.91 Å². The van der Waals surface area contributed by atoms with Crippen molar-refractivity contribution in [2.24, 2.45) is 0 Å². The first-order valence-electron chi connectivity index (χ1n) is 4.58. The lowest BCUT2D eigenvalue weighted by molar-refractivity contribution is -0.0758. The van der Waals surface area contributed by atoms with E-state index < -0.39 is 0 Å². The van der Waals surface area contributed by atoms with E-state index in [4.69, 9.17) is 4.84 Å². The molecule has 5 nitrogen and oxygen atoms in total. The van der Waals surface area contributed by atoms with E-state index in [0.717, 1.165) is 15.1 Å². The van der Waals surface area contributed by atoms with Gasteiger partial charge in [-0.2, -0.15) is 0 Å². The number of aromatic nitrogens is 2. The fraction of sp³-hybridized carbons (Fsp3) is 0.200. The Kier molecular flexibility index (Phi) is 2.93. The monoisotopic (exact) mass is 283 g/mol. The highest BCUT2D eigenvalue weighted by Crippen LogP contribution is 2.16. The van der Waals surface area contributed by atoms with Crippen LogP contribution in [0.25, 0.3) is 5.52 Å². The number of rotatable bonds is 2. The predicted molar refractivity (Wildman–Crippen MR) is 62.0 cm³/mol. The minimum absolute atomic E-state index is 0.271. The number of hydroxylamine groups is 2. The van der Waals surface area contributed by atoms with Crippen molar-refractivity contribution in [1.82, 2.24) is 14.4 Å². The number of hydrogen-bond acceptors (Lipinski definition) is 3. The minimum Gasteiger partial charge on any atom is -0.304 e. The quantitative estimate of drug-likeness (QED) is 0.789. The highest BCUT2D eigenvalue weighted by atomic mass is 79.9. The molecule has 0 aliphatic carbocycles. The van der Waals surface area contributed by atoms with Crippen LogP contribution in [0.5, 0.6) is 0 Å². The number of amides is 1. The standard InChI is InChI=1S/C10H10BrN3O2/c1-13(16-2)10(15)9-8-4-3-7(11)5-14(8)6-12-9/h3-6H,1-2H3. The summed E-state index contributed by atoms with van der Waals surface area (Å²) in [6, 6.07) is 3.69. The average molecular weight is 284 g/mol. The van der Waals surface area contributed by atoms with Crippen LogP contribution in [0.15, 0.2) is 29.1 Å². The predicted octanol–water partition coefficient (Wildman–Crippen LogP) is 1.73. The second kappa shape index (κ2) is 4.23. The van der Waals surface area contributed by atoms with E-state index in [0.29, 0.717) is 5.69 Å². The second-order valence-corrected chi connectivity index (χ2v) is 4.13. The molecule has 2 aromatic heterocycles. The Balaban J connectivity index is 2.50. The zero-order chi connectivity index (χ0) is 11.7. The van der Waals surface area contributed by atoms with Gasteiger partial charge in [0.1, 0.15) is 6.33 Å². The molecule has 0 saturated heterocycles. The molecule has 1 amide bonds. The number of carbonyl (C=O) groups excluding carboxylic acids is 1. The van der Waals surface area contributed by atoms with Crippen LogP contribution in [0, 0.1) is 0 Å². The van der Waals surface area contributed by atoms with Crippen LogP contribution in [-0.4, -0.2) is 34.5 Å². The summed E-state index contributed by atoms with van der Waals surface area (Å²) in [5.74, 6) is -0.271. The maximum Gasteiger partial charge on any atom is 0.297 e. The van der Waals surface area contributed by atoms with Gasteiger partial charge in [0, 0.05) is 17.7 Å². The lowest BCUT2D eigenvalue weighted by Gasteiger charge is -2.11. The molecule has 2 rings (SSSR count). The van der Waals surface area contributed by atoms with Gasteiger partial charge in [0.2, 0.25) is 0 Å². The maximum atomic E-state index is 11.8. The van der Waals surface area contributed by atoms with Gasteiger partial charge in [-0.1, -0.05) is 0 Å². The van der Waals surface area contributed by atoms with Crippen molar-refractivity contribution in [2.75, 3.05) is 14.2 Å². The fourth-order valence-corrected chi connectivity index (χ4v) is 1.72. The molecule has 2 heterocycles. The van der Waals surface area contributed by atoms with Crippen molar-refractivity contribution in [2.45, 2.75) is 0 Å². The molecule has 16 heavy (non-hydrogen) atoms. The second-order valence-electron chi connectivity index (χ2n) is 3.22. The van der Waals surface area contributed by atoms with Gasteiger partial charge in [0.15, 0.2) is 5.69 Å². The first kappa shape index (κ1) is 11.1. The lowest BCUT2D eigenvalue weighted by atomic mass is 10.3. The molecule has 0 radical (unpaired) electrons. The summed E-state index contributed by atoms with van der Waals surface area (Å²) in [5.41, 5.74) is 1.12. The molecule has 6 heteroatoms. The molecule has 0 aromatic carbocycles. The lowest BCUT2D eigenvalue weighted by Crippen LogP contribution is -2.25. The average Bonchev–Trinajstić information content (AvgIpc) is 2.69. The van der Waals surface area contributed by atoms with Crippen molar-refractivity contribution in [3.63, 3.8) is 0 Å². The molecule has 0 bridgehead atoms. The number of halogens is 1. The molecule has 0 spiro atoms. The number of nitrogens with zero attached hydrogens (tertiary/aromatic N) is 3. The molecule has 0 atom stereocenters. The van der Waals surface area contributed by atoms with E-state index in [1.807, 2.05) is 18.3 Å². The van der Waals surface area contributed by atoms with Crippen molar-refractivity contribution < 1.29 is 9.63 Å². The topological polar surface area (TPSA) is 46.8 Å². The first-order valence-corrected chi connectivity index (χ1v) is 5.37. The van der Waals surface area contributed by atoms with E-state index in [9.17, 15) is 4.79 Å². The largest absolute Gasteiger partial charge is 0.304 e. The number of carbonyl (C=O) groups is 1. The van der Waals surface area contributed by atoms with E-state index in [2.05, 4.69) is 20.9 Å². The van der Waals surface area contributed by atoms with Crippen LogP contribution >= 0.6 is 15.9 Å². The Morgan fingerprint density at radius 1 is 1.56 bits per heavy atom. The van der Waals surface area contributed by atoms with Crippen molar-refractivity contribution >= 4 is 27.4 Å². The molecule has 0 unspecified atom stereocenters. The first-order chi connectivity index (χ1) is 7.63. The SMILES string of the molecule is CON(C)C(=O)c1ncn2cc(Br)ccc12. The van der Waals surface area contributed by atoms with Gasteiger partial charge in [-0.05, 0) is 28.1 Å². The van der Waals surface area contributed by atoms with Crippen LogP contribution in [0.2, 0.25) is 0 Å². The van der Waals surface area contributed by atoms with Crippen molar-refractivity contribution in [3.05, 3.63) is 34.8 Å². The summed E-state index contributed by atoms with van der Waals surface area (Å²) in [5, 5.41) is 1.14. The summed E-state index contributed by atoms with van der Waals surface area (Å²) in [6.45, 7) is 0. The third-order valence-electron chi connectivity index (χ3n) is 2.26. The zero-order valence-corrected chi connectivity index (χ0v) is 10.4. The molecular formula is C10H10BrN3O2. The number of pyridine rings is 1. The van der Waals surface area contributed by atoms with Crippen LogP contribution in [0.4, 0.5) is 0 Å². The van der Waals surface area contributed by atoms with Crippen LogP contribution in [-0.2, 0) is 4.84 Å². The van der Waals surface area contributed by atoms with E-state index in [1.165, 1.54) is 7.11 Å². The smallest absolute Gasteiger partial charge is 0.297 e.